The van der Waals surface area contributed by atoms with Gasteiger partial charge in [0.25, 0.3) is 0 Å². The second-order valence-electron chi connectivity index (χ2n) is 9.14. The van der Waals surface area contributed by atoms with Crippen molar-refractivity contribution < 1.29 is 54.8 Å². The maximum Gasteiger partial charge on any atom is 0.238 e. The van der Waals surface area contributed by atoms with E-state index in [1.54, 1.807) is 12.1 Å². The van der Waals surface area contributed by atoms with Gasteiger partial charge < -0.3 is 54.8 Å². The van der Waals surface area contributed by atoms with E-state index in [9.17, 15) is 55.5 Å². The Morgan fingerprint density at radius 2 is 1.12 bits per heavy atom. The average Bonchev–Trinajstić information content (AvgIpc) is 2.95. The highest BCUT2D eigenvalue weighted by atomic mass is 16.4. The molecule has 2 heterocycles. The van der Waals surface area contributed by atoms with E-state index in [2.05, 4.69) is 0 Å². The van der Waals surface area contributed by atoms with Gasteiger partial charge in [-0.25, -0.2) is 0 Å². The number of benzene rings is 4. The summed E-state index contributed by atoms with van der Waals surface area (Å²) in [5.74, 6) is -4.82. The lowest BCUT2D eigenvalue weighted by Gasteiger charge is -2.09. The van der Waals surface area contributed by atoms with Crippen LogP contribution < -0.4 is 10.9 Å². The monoisotopic (exact) mass is 588 g/mol. The number of phenolic OH excluding ortho intramolecular Hbond substituents is 8. The molecule has 0 saturated heterocycles. The fourth-order valence-electron chi connectivity index (χ4n) is 4.18. The molecule has 43 heavy (non-hydrogen) atoms. The van der Waals surface area contributed by atoms with Gasteiger partial charge in [-0.1, -0.05) is 0 Å². The highest BCUT2D eigenvalue weighted by Gasteiger charge is 2.22. The SMILES string of the molecule is O=c1c(O)c(-c2ccc(O)c(O)c2)oc2cc(O)c(O)c(O)c12.O=c1cc(-c2ccc(O)cc2)oc2cc(O)cc(O)c12. The van der Waals surface area contributed by atoms with Crippen molar-refractivity contribution in [2.24, 2.45) is 0 Å². The standard InChI is InChI=1S/C15H10O8.C15H10O5/c16-6-2-1-5(3-7(6)17)15-14(22)13(21)10-9(23-15)4-8(18)11(19)12(10)20;16-9-3-1-8(2-4-9)13-7-12(19)15-11(18)5-10(17)6-14(15)20-13/h1-4,16-20,22H;1-7,16-18H. The third kappa shape index (κ3) is 5.09. The molecule has 6 rings (SSSR count). The number of phenols is 8. The van der Waals surface area contributed by atoms with Crippen LogP contribution in [0.2, 0.25) is 0 Å². The van der Waals surface area contributed by atoms with E-state index < -0.39 is 50.7 Å². The Bertz CT molecular complexity index is 2160. The molecule has 0 aliphatic carbocycles. The lowest BCUT2D eigenvalue weighted by atomic mass is 10.1. The highest BCUT2D eigenvalue weighted by molar-refractivity contribution is 5.91. The molecule has 0 aliphatic heterocycles. The van der Waals surface area contributed by atoms with Gasteiger partial charge in [-0.3, -0.25) is 9.59 Å². The summed E-state index contributed by atoms with van der Waals surface area (Å²) in [4.78, 5) is 24.2. The van der Waals surface area contributed by atoms with E-state index in [1.807, 2.05) is 0 Å². The summed E-state index contributed by atoms with van der Waals surface area (Å²) in [5, 5.41) is 85.3. The predicted molar refractivity (Wildman–Crippen MR) is 151 cm³/mol. The molecule has 218 valence electrons. The van der Waals surface area contributed by atoms with Crippen molar-refractivity contribution in [3.63, 3.8) is 0 Å². The van der Waals surface area contributed by atoms with Crippen molar-refractivity contribution in [2.75, 3.05) is 0 Å². The van der Waals surface area contributed by atoms with Crippen LogP contribution in [-0.4, -0.2) is 46.0 Å². The van der Waals surface area contributed by atoms with Crippen LogP contribution in [0.4, 0.5) is 0 Å². The maximum absolute atomic E-state index is 12.2. The molecule has 0 atom stereocenters. The summed E-state index contributed by atoms with van der Waals surface area (Å²) in [5.41, 5.74) is -0.969. The Labute approximate surface area is 238 Å². The fraction of sp³-hybridized carbons (Fsp3) is 0. The molecule has 0 unspecified atom stereocenters. The predicted octanol–water partition coefficient (Wildman–Crippen LogP) is 4.27. The van der Waals surface area contributed by atoms with Crippen molar-refractivity contribution in [3.8, 4) is 74.4 Å². The number of fused-ring (bicyclic) bond motifs is 2. The Morgan fingerprint density at radius 1 is 0.465 bits per heavy atom. The highest BCUT2D eigenvalue weighted by Crippen LogP contribution is 2.43. The number of rotatable bonds is 2. The first-order chi connectivity index (χ1) is 20.3. The van der Waals surface area contributed by atoms with Crippen molar-refractivity contribution in [3.05, 3.63) is 87.2 Å². The summed E-state index contributed by atoms with van der Waals surface area (Å²) in [7, 11) is 0. The molecule has 0 saturated carbocycles. The van der Waals surface area contributed by atoms with Crippen molar-refractivity contribution in [2.45, 2.75) is 0 Å². The van der Waals surface area contributed by atoms with Crippen LogP contribution in [0.25, 0.3) is 44.6 Å². The first-order valence-electron chi connectivity index (χ1n) is 12.1. The normalized spacial score (nSPS) is 10.9. The van der Waals surface area contributed by atoms with E-state index in [4.69, 9.17) is 8.83 Å². The summed E-state index contributed by atoms with van der Waals surface area (Å²) >= 11 is 0. The zero-order valence-corrected chi connectivity index (χ0v) is 21.5. The third-order valence-corrected chi connectivity index (χ3v) is 6.27. The topological polar surface area (TPSA) is 242 Å². The molecular formula is C30H20O13. The molecule has 6 aromatic rings. The molecule has 0 bridgehead atoms. The minimum atomic E-state index is -1.04. The van der Waals surface area contributed by atoms with Gasteiger partial charge in [0.1, 0.15) is 44.9 Å². The van der Waals surface area contributed by atoms with Crippen molar-refractivity contribution in [1.82, 2.24) is 0 Å². The van der Waals surface area contributed by atoms with E-state index in [-0.39, 0.29) is 50.9 Å². The first kappa shape index (κ1) is 28.0. The van der Waals surface area contributed by atoms with Gasteiger partial charge in [0.05, 0.1) is 0 Å². The lowest BCUT2D eigenvalue weighted by Crippen LogP contribution is -2.03. The summed E-state index contributed by atoms with van der Waals surface area (Å²) in [6, 6.07) is 14.1. The van der Waals surface area contributed by atoms with Crippen LogP contribution in [0.1, 0.15) is 0 Å². The van der Waals surface area contributed by atoms with E-state index in [0.717, 1.165) is 24.3 Å². The van der Waals surface area contributed by atoms with E-state index >= 15 is 0 Å². The number of hydrogen-bond donors (Lipinski definition) is 9. The van der Waals surface area contributed by atoms with Gasteiger partial charge in [0, 0.05) is 35.4 Å². The van der Waals surface area contributed by atoms with Crippen LogP contribution in [0.5, 0.6) is 51.7 Å². The molecule has 13 nitrogen and oxygen atoms in total. The van der Waals surface area contributed by atoms with Crippen LogP contribution in [0, 0.1) is 0 Å². The zero-order valence-electron chi connectivity index (χ0n) is 21.5. The Morgan fingerprint density at radius 3 is 1.79 bits per heavy atom. The van der Waals surface area contributed by atoms with E-state index in [0.29, 0.717) is 5.56 Å². The van der Waals surface area contributed by atoms with Crippen LogP contribution in [-0.2, 0) is 0 Å². The number of hydrogen-bond acceptors (Lipinski definition) is 13. The Hall–Kier alpha value is -6.50. The lowest BCUT2D eigenvalue weighted by molar-refractivity contribution is 0.369. The third-order valence-electron chi connectivity index (χ3n) is 6.27. The molecule has 9 N–H and O–H groups in total. The maximum atomic E-state index is 12.2. The zero-order chi connectivity index (χ0) is 31.2. The summed E-state index contributed by atoms with van der Waals surface area (Å²) < 4.78 is 10.8. The fourth-order valence-corrected chi connectivity index (χ4v) is 4.18. The molecular weight excluding hydrogens is 568 g/mol. The first-order valence-corrected chi connectivity index (χ1v) is 12.1. The van der Waals surface area contributed by atoms with Gasteiger partial charge in [-0.15, -0.1) is 0 Å². The minimum Gasteiger partial charge on any atom is -0.508 e. The second-order valence-corrected chi connectivity index (χ2v) is 9.14. The van der Waals surface area contributed by atoms with Crippen LogP contribution in [0.3, 0.4) is 0 Å². The minimum absolute atomic E-state index is 0.0188. The van der Waals surface area contributed by atoms with Gasteiger partial charge in [-0.05, 0) is 42.5 Å². The van der Waals surface area contributed by atoms with Crippen molar-refractivity contribution >= 4 is 21.9 Å². The summed E-state index contributed by atoms with van der Waals surface area (Å²) in [6.45, 7) is 0. The van der Waals surface area contributed by atoms with Gasteiger partial charge in [0.15, 0.2) is 34.2 Å². The molecule has 2 aromatic heterocycles. The molecule has 0 amide bonds. The molecule has 0 aliphatic rings. The molecule has 4 aromatic carbocycles. The van der Waals surface area contributed by atoms with Crippen LogP contribution >= 0.6 is 0 Å². The Kier molecular flexibility index (Phi) is 6.83. The summed E-state index contributed by atoms with van der Waals surface area (Å²) in [6.07, 6.45) is 0. The van der Waals surface area contributed by atoms with Gasteiger partial charge in [-0.2, -0.15) is 0 Å². The number of aromatic hydroxyl groups is 9. The largest absolute Gasteiger partial charge is 0.508 e. The molecule has 0 fully saturated rings. The Balaban J connectivity index is 0.000000173. The van der Waals surface area contributed by atoms with Crippen molar-refractivity contribution in [1.29, 1.82) is 0 Å². The van der Waals surface area contributed by atoms with E-state index in [1.165, 1.54) is 30.3 Å². The average molecular weight is 588 g/mol. The quantitative estimate of drug-likeness (QED) is 0.128. The van der Waals surface area contributed by atoms with Crippen LogP contribution in [0.15, 0.2) is 85.2 Å². The molecule has 0 radical (unpaired) electrons. The smallest absolute Gasteiger partial charge is 0.238 e. The molecule has 13 heteroatoms. The van der Waals surface area contributed by atoms with Gasteiger partial charge in [0.2, 0.25) is 16.9 Å². The second kappa shape index (κ2) is 10.5. The van der Waals surface area contributed by atoms with Gasteiger partial charge >= 0.3 is 0 Å². The molecule has 0 spiro atoms.